The van der Waals surface area contributed by atoms with E-state index in [-0.39, 0.29) is 22.7 Å². The minimum absolute atomic E-state index is 0.0437. The van der Waals surface area contributed by atoms with Crippen molar-refractivity contribution in [3.63, 3.8) is 0 Å². The highest BCUT2D eigenvalue weighted by molar-refractivity contribution is 5.92. The van der Waals surface area contributed by atoms with Crippen LogP contribution in [-0.4, -0.2) is 20.6 Å². The number of hydrogen-bond acceptors (Lipinski definition) is 2. The van der Waals surface area contributed by atoms with Gasteiger partial charge in [-0.15, -0.1) is 0 Å². The Kier molecular flexibility index (Phi) is 3.00. The van der Waals surface area contributed by atoms with Gasteiger partial charge in [0.2, 0.25) is 0 Å². The minimum atomic E-state index is -0.995. The van der Waals surface area contributed by atoms with E-state index in [4.69, 9.17) is 5.11 Å². The smallest absolute Gasteiger partial charge is 0.335 e. The van der Waals surface area contributed by atoms with Gasteiger partial charge in [0.25, 0.3) is 0 Å². The maximum Gasteiger partial charge on any atom is 0.335 e. The van der Waals surface area contributed by atoms with Crippen molar-refractivity contribution in [3.05, 3.63) is 34.2 Å². The third kappa shape index (κ3) is 2.28. The fourth-order valence-corrected chi connectivity index (χ4v) is 2.03. The molecule has 0 spiro atoms. The van der Waals surface area contributed by atoms with E-state index in [0.29, 0.717) is 11.0 Å². The fourth-order valence-electron chi connectivity index (χ4n) is 2.03. The van der Waals surface area contributed by atoms with Crippen molar-refractivity contribution in [2.24, 2.45) is 5.41 Å². The molecule has 0 unspecified atom stereocenters. The zero-order valence-electron chi connectivity index (χ0n) is 11.5. The number of carboxylic acids is 1. The summed E-state index contributed by atoms with van der Waals surface area (Å²) in [4.78, 5) is 25.9. The van der Waals surface area contributed by atoms with Gasteiger partial charge in [-0.2, -0.15) is 0 Å². The summed E-state index contributed by atoms with van der Waals surface area (Å²) in [5.74, 6) is -0.995. The molecule has 0 amide bonds. The van der Waals surface area contributed by atoms with Crippen molar-refractivity contribution in [3.8, 4) is 0 Å². The summed E-state index contributed by atoms with van der Waals surface area (Å²) in [7, 11) is 0. The number of carboxylic acid groups (broad SMARTS) is 1. The summed E-state index contributed by atoms with van der Waals surface area (Å²) < 4.78 is 1.63. The van der Waals surface area contributed by atoms with Gasteiger partial charge in [-0.05, 0) is 30.5 Å². The minimum Gasteiger partial charge on any atom is -0.478 e. The quantitative estimate of drug-likeness (QED) is 0.873. The number of fused-ring (bicyclic) bond motifs is 1. The van der Waals surface area contributed by atoms with Gasteiger partial charge in [-0.25, -0.2) is 9.59 Å². The van der Waals surface area contributed by atoms with E-state index in [9.17, 15) is 9.59 Å². The summed E-state index contributed by atoms with van der Waals surface area (Å²) in [5, 5.41) is 9.04. The Hall–Kier alpha value is -2.04. The van der Waals surface area contributed by atoms with Gasteiger partial charge in [-0.3, -0.25) is 4.57 Å². The lowest BCUT2D eigenvalue weighted by Gasteiger charge is -2.28. The van der Waals surface area contributed by atoms with Crippen LogP contribution in [0.3, 0.4) is 0 Å². The molecule has 0 aliphatic carbocycles. The number of H-pyrrole nitrogens is 1. The molecule has 0 saturated heterocycles. The zero-order chi connectivity index (χ0) is 14.4. The van der Waals surface area contributed by atoms with Gasteiger partial charge < -0.3 is 10.1 Å². The van der Waals surface area contributed by atoms with E-state index in [1.54, 1.807) is 10.6 Å². The van der Waals surface area contributed by atoms with Gasteiger partial charge in [0.1, 0.15) is 0 Å². The first-order valence-corrected chi connectivity index (χ1v) is 6.19. The van der Waals surface area contributed by atoms with E-state index < -0.39 is 5.97 Å². The molecule has 1 aromatic carbocycles. The molecule has 5 heteroatoms. The van der Waals surface area contributed by atoms with Crippen LogP contribution in [0.1, 0.15) is 44.1 Å². The number of imidazole rings is 1. The average Bonchev–Trinajstić information content (AvgIpc) is 2.61. The van der Waals surface area contributed by atoms with E-state index in [1.165, 1.54) is 12.1 Å². The third-order valence-corrected chi connectivity index (χ3v) is 3.61. The predicted molar refractivity (Wildman–Crippen MR) is 73.7 cm³/mol. The topological polar surface area (TPSA) is 75.1 Å². The van der Waals surface area contributed by atoms with Gasteiger partial charge in [0.15, 0.2) is 0 Å². The molecule has 1 atom stereocenters. The first kappa shape index (κ1) is 13.4. The number of nitrogens with zero attached hydrogens (tertiary/aromatic N) is 1. The summed E-state index contributed by atoms with van der Waals surface area (Å²) in [6.07, 6.45) is 0. The molecule has 0 bridgehead atoms. The van der Waals surface area contributed by atoms with Crippen LogP contribution in [0.2, 0.25) is 0 Å². The van der Waals surface area contributed by atoms with Crippen LogP contribution in [0.15, 0.2) is 23.0 Å². The molecule has 0 aliphatic rings. The Bertz CT molecular complexity index is 689. The number of benzene rings is 1. The van der Waals surface area contributed by atoms with E-state index in [2.05, 4.69) is 4.98 Å². The number of rotatable bonds is 2. The molecule has 19 heavy (non-hydrogen) atoms. The number of hydrogen-bond donors (Lipinski definition) is 2. The highest BCUT2D eigenvalue weighted by Crippen LogP contribution is 2.31. The standard InChI is InChI=1S/C14H18N2O3/c1-8(14(2,3)4)16-11-7-9(12(17)18)5-6-10(11)15-13(16)19/h5-8H,1-4H3,(H,15,19)(H,17,18)/t8-/m1/s1. The van der Waals surface area contributed by atoms with Crippen molar-refractivity contribution < 1.29 is 9.90 Å². The lowest BCUT2D eigenvalue weighted by atomic mass is 9.88. The molecule has 0 aliphatic heterocycles. The number of carbonyl (C=O) groups is 1. The molecule has 1 aromatic heterocycles. The summed E-state index contributed by atoms with van der Waals surface area (Å²) in [5.41, 5.74) is 1.16. The molecule has 1 heterocycles. The third-order valence-electron chi connectivity index (χ3n) is 3.61. The van der Waals surface area contributed by atoms with Crippen LogP contribution in [0.25, 0.3) is 11.0 Å². The highest BCUT2D eigenvalue weighted by Gasteiger charge is 2.25. The average molecular weight is 262 g/mol. The molecule has 2 aromatic rings. The number of nitrogens with one attached hydrogen (secondary N) is 1. The molecule has 2 rings (SSSR count). The lowest BCUT2D eigenvalue weighted by Crippen LogP contribution is -2.29. The molecular formula is C14H18N2O3. The molecule has 0 saturated carbocycles. The van der Waals surface area contributed by atoms with Gasteiger partial charge in [-0.1, -0.05) is 20.8 Å². The fraction of sp³-hybridized carbons (Fsp3) is 0.429. The largest absolute Gasteiger partial charge is 0.478 e. The second kappa shape index (κ2) is 4.26. The summed E-state index contributed by atoms with van der Waals surface area (Å²) >= 11 is 0. The van der Waals surface area contributed by atoms with Crippen LogP contribution >= 0.6 is 0 Å². The number of aromatic carboxylic acids is 1. The molecule has 0 fully saturated rings. The maximum atomic E-state index is 12.1. The Morgan fingerprint density at radius 1 is 1.37 bits per heavy atom. The Morgan fingerprint density at radius 3 is 2.53 bits per heavy atom. The zero-order valence-corrected chi connectivity index (χ0v) is 11.5. The Balaban J connectivity index is 2.73. The lowest BCUT2D eigenvalue weighted by molar-refractivity contribution is 0.0697. The van der Waals surface area contributed by atoms with Gasteiger partial charge in [0, 0.05) is 6.04 Å². The van der Waals surface area contributed by atoms with Crippen LogP contribution in [0.5, 0.6) is 0 Å². The summed E-state index contributed by atoms with van der Waals surface area (Å²) in [6.45, 7) is 8.10. The van der Waals surface area contributed by atoms with Crippen molar-refractivity contribution in [1.29, 1.82) is 0 Å². The molecule has 0 radical (unpaired) electrons. The molecular weight excluding hydrogens is 244 g/mol. The second-order valence-electron chi connectivity index (χ2n) is 5.88. The normalized spacial score (nSPS) is 13.7. The van der Waals surface area contributed by atoms with Crippen LogP contribution in [0, 0.1) is 5.41 Å². The molecule has 5 nitrogen and oxygen atoms in total. The van der Waals surface area contributed by atoms with E-state index in [1.807, 2.05) is 27.7 Å². The number of aromatic nitrogens is 2. The summed E-state index contributed by atoms with van der Waals surface area (Å²) in [6, 6.07) is 4.62. The van der Waals surface area contributed by atoms with Crippen LogP contribution < -0.4 is 5.69 Å². The van der Waals surface area contributed by atoms with E-state index in [0.717, 1.165) is 0 Å². The Morgan fingerprint density at radius 2 is 2.00 bits per heavy atom. The molecule has 102 valence electrons. The van der Waals surface area contributed by atoms with Crippen LogP contribution in [0.4, 0.5) is 0 Å². The van der Waals surface area contributed by atoms with Gasteiger partial charge >= 0.3 is 11.7 Å². The first-order valence-electron chi connectivity index (χ1n) is 6.19. The van der Waals surface area contributed by atoms with Crippen molar-refractivity contribution in [1.82, 2.24) is 9.55 Å². The molecule has 2 N–H and O–H groups in total. The van der Waals surface area contributed by atoms with Crippen LogP contribution in [-0.2, 0) is 0 Å². The first-order chi connectivity index (χ1) is 8.71. The highest BCUT2D eigenvalue weighted by atomic mass is 16.4. The monoisotopic (exact) mass is 262 g/mol. The van der Waals surface area contributed by atoms with E-state index >= 15 is 0 Å². The second-order valence-corrected chi connectivity index (χ2v) is 5.88. The SMILES string of the molecule is C[C@@H](n1c(=O)[nH]c2ccc(C(=O)O)cc21)C(C)(C)C. The maximum absolute atomic E-state index is 12.1. The number of aromatic amines is 1. The van der Waals surface area contributed by atoms with Gasteiger partial charge in [0.05, 0.1) is 16.6 Å². The Labute approximate surface area is 110 Å². The van der Waals surface area contributed by atoms with Crippen molar-refractivity contribution >= 4 is 17.0 Å². The van der Waals surface area contributed by atoms with Crippen molar-refractivity contribution in [2.75, 3.05) is 0 Å². The predicted octanol–water partition coefficient (Wildman–Crippen LogP) is 2.63. The van der Waals surface area contributed by atoms with Crippen molar-refractivity contribution in [2.45, 2.75) is 33.7 Å².